The van der Waals surface area contributed by atoms with Crippen LogP contribution in [0.2, 0.25) is 0 Å². The highest BCUT2D eigenvalue weighted by atomic mass is 16.9. The van der Waals surface area contributed by atoms with Gasteiger partial charge in [0.05, 0.1) is 13.2 Å². The van der Waals surface area contributed by atoms with Crippen LogP contribution in [-0.4, -0.2) is 38.4 Å². The van der Waals surface area contributed by atoms with Crippen LogP contribution < -0.4 is 0 Å². The molecule has 0 saturated carbocycles. The number of ether oxygens (including phenoxy) is 4. The lowest BCUT2D eigenvalue weighted by Gasteiger charge is -2.32. The molecular formula is C16H32O5. The summed E-state index contributed by atoms with van der Waals surface area (Å²) in [6.07, 6.45) is 5.78. The van der Waals surface area contributed by atoms with Crippen molar-refractivity contribution >= 4 is 5.97 Å². The molecule has 0 aromatic heterocycles. The second-order valence-electron chi connectivity index (χ2n) is 5.09. The van der Waals surface area contributed by atoms with Crippen LogP contribution in [0, 0.1) is 0 Å². The van der Waals surface area contributed by atoms with E-state index in [1.54, 1.807) is 0 Å². The predicted molar refractivity (Wildman–Crippen MR) is 81.9 cm³/mol. The van der Waals surface area contributed by atoms with Crippen LogP contribution in [-0.2, 0) is 23.7 Å². The van der Waals surface area contributed by atoms with Gasteiger partial charge in [-0.1, -0.05) is 40.0 Å². The fraction of sp³-hybridized carbons (Fsp3) is 0.938. The third kappa shape index (κ3) is 10.7. The predicted octanol–water partition coefficient (Wildman–Crippen LogP) is 3.65. The molecule has 0 unspecified atom stereocenters. The Hall–Kier alpha value is -0.650. The summed E-state index contributed by atoms with van der Waals surface area (Å²) < 4.78 is 22.3. The molecule has 0 atom stereocenters. The van der Waals surface area contributed by atoms with Crippen LogP contribution in [0.25, 0.3) is 0 Å². The normalized spacial score (nSPS) is 11.6. The molecule has 21 heavy (non-hydrogen) atoms. The Morgan fingerprint density at radius 3 is 1.76 bits per heavy atom. The second-order valence-corrected chi connectivity index (χ2v) is 5.09. The first-order valence-electron chi connectivity index (χ1n) is 8.15. The Morgan fingerprint density at radius 2 is 1.33 bits per heavy atom. The molecule has 0 aliphatic rings. The van der Waals surface area contributed by atoms with Crippen LogP contribution in [0.1, 0.15) is 66.2 Å². The van der Waals surface area contributed by atoms with Crippen molar-refractivity contribution in [2.75, 3.05) is 26.4 Å². The Morgan fingerprint density at radius 1 is 0.857 bits per heavy atom. The van der Waals surface area contributed by atoms with Gasteiger partial charge in [0, 0.05) is 13.5 Å². The molecule has 0 spiro atoms. The van der Waals surface area contributed by atoms with E-state index < -0.39 is 11.9 Å². The van der Waals surface area contributed by atoms with Gasteiger partial charge >= 0.3 is 11.9 Å². The number of carbonyl (C=O) groups excluding carboxylic acids is 1. The number of hydrogen-bond acceptors (Lipinski definition) is 5. The molecule has 0 aromatic carbocycles. The van der Waals surface area contributed by atoms with Crippen molar-refractivity contribution in [1.82, 2.24) is 0 Å². The van der Waals surface area contributed by atoms with E-state index in [0.29, 0.717) is 19.8 Å². The van der Waals surface area contributed by atoms with Crippen molar-refractivity contribution in [1.29, 1.82) is 0 Å². The molecule has 0 aliphatic carbocycles. The maximum Gasteiger partial charge on any atom is 0.354 e. The number of unbranched alkanes of at least 4 members (excludes halogenated alkanes) is 3. The molecule has 0 heterocycles. The van der Waals surface area contributed by atoms with Gasteiger partial charge in [0.15, 0.2) is 0 Å². The molecule has 126 valence electrons. The van der Waals surface area contributed by atoms with Crippen molar-refractivity contribution in [3.05, 3.63) is 0 Å². The van der Waals surface area contributed by atoms with E-state index in [1.165, 1.54) is 6.92 Å². The van der Waals surface area contributed by atoms with Gasteiger partial charge in [0.25, 0.3) is 0 Å². The highest BCUT2D eigenvalue weighted by Gasteiger charge is 2.36. The quantitative estimate of drug-likeness (QED) is 0.278. The van der Waals surface area contributed by atoms with Crippen LogP contribution in [0.4, 0.5) is 0 Å². The first kappa shape index (κ1) is 20.3. The van der Waals surface area contributed by atoms with Crippen molar-refractivity contribution in [2.24, 2.45) is 0 Å². The van der Waals surface area contributed by atoms with Gasteiger partial charge in [-0.15, -0.1) is 0 Å². The summed E-state index contributed by atoms with van der Waals surface area (Å²) in [5, 5.41) is 0. The average molecular weight is 304 g/mol. The molecule has 0 bridgehead atoms. The molecule has 0 N–H and O–H groups in total. The Labute approximate surface area is 129 Å². The largest absolute Gasteiger partial charge is 0.406 e. The lowest BCUT2D eigenvalue weighted by molar-refractivity contribution is -0.377. The Bertz CT molecular complexity index is 245. The molecular weight excluding hydrogens is 272 g/mol. The van der Waals surface area contributed by atoms with Crippen LogP contribution in [0.3, 0.4) is 0 Å². The van der Waals surface area contributed by atoms with E-state index in [1.807, 2.05) is 0 Å². The molecule has 5 nitrogen and oxygen atoms in total. The maximum atomic E-state index is 11.4. The van der Waals surface area contributed by atoms with Gasteiger partial charge in [-0.25, -0.2) is 0 Å². The molecule has 0 amide bonds. The number of hydrogen-bond donors (Lipinski definition) is 0. The minimum atomic E-state index is -1.40. The van der Waals surface area contributed by atoms with E-state index in [4.69, 9.17) is 18.9 Å². The molecule has 0 aromatic rings. The van der Waals surface area contributed by atoms with Gasteiger partial charge in [0.2, 0.25) is 0 Å². The van der Waals surface area contributed by atoms with E-state index in [9.17, 15) is 4.79 Å². The summed E-state index contributed by atoms with van der Waals surface area (Å²) in [6.45, 7) is 9.28. The van der Waals surface area contributed by atoms with E-state index in [2.05, 4.69) is 20.8 Å². The highest BCUT2D eigenvalue weighted by Crippen LogP contribution is 2.19. The van der Waals surface area contributed by atoms with Crippen molar-refractivity contribution in [3.63, 3.8) is 0 Å². The second kappa shape index (κ2) is 13.0. The average Bonchev–Trinajstić information content (AvgIpc) is 2.43. The smallest absolute Gasteiger partial charge is 0.354 e. The zero-order valence-electron chi connectivity index (χ0n) is 14.1. The van der Waals surface area contributed by atoms with Gasteiger partial charge in [-0.05, 0) is 19.3 Å². The summed E-state index contributed by atoms with van der Waals surface area (Å²) >= 11 is 0. The van der Waals surface area contributed by atoms with Crippen LogP contribution in [0.15, 0.2) is 0 Å². The van der Waals surface area contributed by atoms with Crippen LogP contribution >= 0.6 is 0 Å². The number of carbonyl (C=O) groups is 1. The first-order valence-corrected chi connectivity index (χ1v) is 8.15. The van der Waals surface area contributed by atoms with Gasteiger partial charge < -0.3 is 18.9 Å². The molecule has 5 heteroatoms. The minimum absolute atomic E-state index is 0.111. The van der Waals surface area contributed by atoms with E-state index >= 15 is 0 Å². The summed E-state index contributed by atoms with van der Waals surface area (Å²) in [5.41, 5.74) is 0. The summed E-state index contributed by atoms with van der Waals surface area (Å²) in [4.78, 5) is 11.4. The molecule has 0 rings (SSSR count). The topological polar surface area (TPSA) is 54.0 Å². The number of rotatable bonds is 14. The monoisotopic (exact) mass is 304 g/mol. The molecule has 0 aliphatic heterocycles. The van der Waals surface area contributed by atoms with Crippen molar-refractivity contribution < 1.29 is 23.7 Å². The lowest BCUT2D eigenvalue weighted by Crippen LogP contribution is -2.45. The summed E-state index contributed by atoms with van der Waals surface area (Å²) in [5.74, 6) is -1.83. The Balaban J connectivity index is 4.60. The van der Waals surface area contributed by atoms with Gasteiger partial charge in [0.1, 0.15) is 6.61 Å². The lowest BCUT2D eigenvalue weighted by atomic mass is 10.3. The maximum absolute atomic E-state index is 11.4. The van der Waals surface area contributed by atoms with Gasteiger partial charge in [-0.2, -0.15) is 0 Å². The first-order chi connectivity index (χ1) is 10.1. The fourth-order valence-electron chi connectivity index (χ4n) is 1.62. The summed E-state index contributed by atoms with van der Waals surface area (Å²) in [6, 6.07) is 0. The summed E-state index contributed by atoms with van der Waals surface area (Å²) in [7, 11) is 0. The zero-order chi connectivity index (χ0) is 16.0. The van der Waals surface area contributed by atoms with Gasteiger partial charge in [-0.3, -0.25) is 4.79 Å². The highest BCUT2D eigenvalue weighted by molar-refractivity contribution is 5.66. The molecule has 0 fully saturated rings. The Kier molecular flexibility index (Phi) is 12.6. The standard InChI is InChI=1S/C16H32O5/c1-5-8-11-18-14-16(21-15(4)17,19-12-9-6-2)20-13-10-7-3/h5-14H2,1-4H3. The minimum Gasteiger partial charge on any atom is -0.406 e. The van der Waals surface area contributed by atoms with E-state index in [-0.39, 0.29) is 6.61 Å². The van der Waals surface area contributed by atoms with Crippen LogP contribution in [0.5, 0.6) is 0 Å². The van der Waals surface area contributed by atoms with Crippen molar-refractivity contribution in [2.45, 2.75) is 72.2 Å². The molecule has 0 radical (unpaired) electrons. The molecule has 0 saturated heterocycles. The fourth-order valence-corrected chi connectivity index (χ4v) is 1.62. The third-order valence-corrected chi connectivity index (χ3v) is 2.86. The van der Waals surface area contributed by atoms with E-state index in [0.717, 1.165) is 38.5 Å². The third-order valence-electron chi connectivity index (χ3n) is 2.86. The SMILES string of the molecule is CCCCOCC(OCCCC)(OCCCC)OC(C)=O. The number of esters is 1. The zero-order valence-corrected chi connectivity index (χ0v) is 14.1. The van der Waals surface area contributed by atoms with Crippen molar-refractivity contribution in [3.8, 4) is 0 Å².